The van der Waals surface area contributed by atoms with Crippen molar-refractivity contribution in [1.29, 1.82) is 0 Å². The minimum absolute atomic E-state index is 0.461. The van der Waals surface area contributed by atoms with Crippen LogP contribution in [-0.2, 0) is 0 Å². The fourth-order valence-corrected chi connectivity index (χ4v) is 2.53. The Labute approximate surface area is 102 Å². The Balaban J connectivity index is 2.20. The molecule has 1 fully saturated rings. The van der Waals surface area contributed by atoms with Crippen LogP contribution in [0, 0.1) is 5.41 Å². The molecule has 0 radical (unpaired) electrons. The summed E-state index contributed by atoms with van der Waals surface area (Å²) in [5.74, 6) is 0. The summed E-state index contributed by atoms with van der Waals surface area (Å²) >= 11 is 0. The number of nitrogens with one attached hydrogen (secondary N) is 1. The van der Waals surface area contributed by atoms with Gasteiger partial charge in [-0.3, -0.25) is 0 Å². The van der Waals surface area contributed by atoms with Crippen LogP contribution in [-0.4, -0.2) is 36.6 Å². The Morgan fingerprint density at radius 1 is 1.31 bits per heavy atom. The van der Waals surface area contributed by atoms with Gasteiger partial charge in [-0.2, -0.15) is 0 Å². The zero-order valence-electron chi connectivity index (χ0n) is 11.8. The molecule has 96 valence electrons. The number of hydrogen-bond acceptors (Lipinski definition) is 2. The second kappa shape index (κ2) is 6.02. The van der Waals surface area contributed by atoms with Crippen LogP contribution in [0.2, 0.25) is 0 Å². The molecule has 2 unspecified atom stereocenters. The van der Waals surface area contributed by atoms with Gasteiger partial charge in [-0.05, 0) is 51.2 Å². The van der Waals surface area contributed by atoms with Crippen molar-refractivity contribution in [2.75, 3.05) is 19.6 Å². The van der Waals surface area contributed by atoms with Crippen molar-refractivity contribution < 1.29 is 0 Å². The summed E-state index contributed by atoms with van der Waals surface area (Å²) in [5.41, 5.74) is 0.461. The van der Waals surface area contributed by atoms with Crippen LogP contribution in [0.1, 0.15) is 53.9 Å². The first kappa shape index (κ1) is 14.0. The highest BCUT2D eigenvalue weighted by Gasteiger charge is 2.23. The zero-order chi connectivity index (χ0) is 12.2. The Hall–Kier alpha value is -0.0800. The lowest BCUT2D eigenvalue weighted by molar-refractivity contribution is 0.141. The molecule has 0 aromatic heterocycles. The number of piperidine rings is 1. The van der Waals surface area contributed by atoms with Crippen LogP contribution in [0.4, 0.5) is 0 Å². The third-order valence-corrected chi connectivity index (χ3v) is 3.73. The van der Waals surface area contributed by atoms with E-state index in [4.69, 9.17) is 0 Å². The first-order chi connectivity index (χ1) is 7.42. The van der Waals surface area contributed by atoms with Crippen LogP contribution in [0.15, 0.2) is 0 Å². The van der Waals surface area contributed by atoms with Crippen LogP contribution in [0.25, 0.3) is 0 Å². The van der Waals surface area contributed by atoms with Crippen LogP contribution >= 0.6 is 0 Å². The average molecular weight is 226 g/mol. The van der Waals surface area contributed by atoms with Gasteiger partial charge in [0.1, 0.15) is 0 Å². The van der Waals surface area contributed by atoms with Gasteiger partial charge in [-0.1, -0.05) is 27.7 Å². The molecule has 0 aromatic rings. The van der Waals surface area contributed by atoms with Gasteiger partial charge in [0.25, 0.3) is 0 Å². The molecule has 0 bridgehead atoms. The lowest BCUT2D eigenvalue weighted by Gasteiger charge is -2.37. The first-order valence-corrected chi connectivity index (χ1v) is 6.90. The lowest BCUT2D eigenvalue weighted by Crippen LogP contribution is -2.47. The van der Waals surface area contributed by atoms with Gasteiger partial charge in [0.2, 0.25) is 0 Å². The number of likely N-dealkylation sites (tertiary alicyclic amines) is 1. The maximum absolute atomic E-state index is 3.73. The Bertz CT molecular complexity index is 195. The molecule has 2 heteroatoms. The summed E-state index contributed by atoms with van der Waals surface area (Å²) in [5, 5.41) is 3.73. The lowest BCUT2D eigenvalue weighted by atomic mass is 9.91. The largest absolute Gasteiger partial charge is 0.314 e. The van der Waals surface area contributed by atoms with E-state index in [1.807, 2.05) is 0 Å². The molecule has 1 aliphatic heterocycles. The van der Waals surface area contributed by atoms with E-state index < -0.39 is 0 Å². The molecular formula is C14H30N2. The molecule has 0 amide bonds. The van der Waals surface area contributed by atoms with Gasteiger partial charge >= 0.3 is 0 Å². The van der Waals surface area contributed by atoms with Crippen molar-refractivity contribution in [3.8, 4) is 0 Å². The summed E-state index contributed by atoms with van der Waals surface area (Å²) < 4.78 is 0. The topological polar surface area (TPSA) is 15.3 Å². The van der Waals surface area contributed by atoms with Crippen molar-refractivity contribution in [3.05, 3.63) is 0 Å². The Morgan fingerprint density at radius 3 is 2.50 bits per heavy atom. The van der Waals surface area contributed by atoms with Crippen molar-refractivity contribution in [1.82, 2.24) is 10.2 Å². The standard InChI is InChI=1S/C14H30N2/c1-6-16-10-7-13(11-12(16)2)15-9-8-14(3,4)5/h12-13,15H,6-11H2,1-5H3. The van der Waals surface area contributed by atoms with Gasteiger partial charge in [-0.25, -0.2) is 0 Å². The van der Waals surface area contributed by atoms with Crippen LogP contribution in [0.3, 0.4) is 0 Å². The number of hydrogen-bond donors (Lipinski definition) is 1. The summed E-state index contributed by atoms with van der Waals surface area (Å²) in [6.45, 7) is 15.2. The Kier molecular flexibility index (Phi) is 5.26. The van der Waals surface area contributed by atoms with E-state index in [1.54, 1.807) is 0 Å². The van der Waals surface area contributed by atoms with Gasteiger partial charge < -0.3 is 10.2 Å². The molecule has 1 N–H and O–H groups in total. The fraction of sp³-hybridized carbons (Fsp3) is 1.00. The van der Waals surface area contributed by atoms with E-state index in [1.165, 1.54) is 38.9 Å². The predicted octanol–water partition coefficient (Wildman–Crippen LogP) is 2.89. The molecule has 0 spiro atoms. The second-order valence-corrected chi connectivity index (χ2v) is 6.46. The molecule has 2 atom stereocenters. The molecule has 1 saturated heterocycles. The monoisotopic (exact) mass is 226 g/mol. The first-order valence-electron chi connectivity index (χ1n) is 6.90. The molecular weight excluding hydrogens is 196 g/mol. The van der Waals surface area contributed by atoms with Gasteiger partial charge in [0.05, 0.1) is 0 Å². The summed E-state index contributed by atoms with van der Waals surface area (Å²) in [4.78, 5) is 2.59. The summed E-state index contributed by atoms with van der Waals surface area (Å²) in [6.07, 6.45) is 3.91. The predicted molar refractivity (Wildman–Crippen MR) is 71.8 cm³/mol. The zero-order valence-corrected chi connectivity index (χ0v) is 11.8. The maximum Gasteiger partial charge on any atom is 0.00940 e. The molecule has 0 aromatic carbocycles. The van der Waals surface area contributed by atoms with E-state index >= 15 is 0 Å². The maximum atomic E-state index is 3.73. The van der Waals surface area contributed by atoms with Gasteiger partial charge in [0.15, 0.2) is 0 Å². The van der Waals surface area contributed by atoms with Crippen LogP contribution < -0.4 is 5.32 Å². The molecule has 1 heterocycles. The third-order valence-electron chi connectivity index (χ3n) is 3.73. The normalized spacial score (nSPS) is 28.3. The molecule has 2 nitrogen and oxygen atoms in total. The van der Waals surface area contributed by atoms with Crippen molar-refractivity contribution in [2.24, 2.45) is 5.41 Å². The van der Waals surface area contributed by atoms with Gasteiger partial charge in [0, 0.05) is 12.1 Å². The number of nitrogens with zero attached hydrogens (tertiary/aromatic N) is 1. The molecule has 1 rings (SSSR count). The minimum Gasteiger partial charge on any atom is -0.314 e. The van der Waals surface area contributed by atoms with E-state index in [9.17, 15) is 0 Å². The summed E-state index contributed by atoms with van der Waals surface area (Å²) in [7, 11) is 0. The van der Waals surface area contributed by atoms with Crippen LogP contribution in [0.5, 0.6) is 0 Å². The van der Waals surface area contributed by atoms with Gasteiger partial charge in [-0.15, -0.1) is 0 Å². The van der Waals surface area contributed by atoms with Crippen molar-refractivity contribution in [3.63, 3.8) is 0 Å². The number of rotatable bonds is 4. The molecule has 0 saturated carbocycles. The SMILES string of the molecule is CCN1CCC(NCCC(C)(C)C)CC1C. The van der Waals surface area contributed by atoms with E-state index in [0.717, 1.165) is 12.1 Å². The van der Waals surface area contributed by atoms with E-state index in [-0.39, 0.29) is 0 Å². The highest BCUT2D eigenvalue weighted by Crippen LogP contribution is 2.19. The summed E-state index contributed by atoms with van der Waals surface area (Å²) in [6, 6.07) is 1.51. The van der Waals surface area contributed by atoms with E-state index in [2.05, 4.69) is 44.8 Å². The molecule has 1 aliphatic rings. The van der Waals surface area contributed by atoms with Crippen molar-refractivity contribution in [2.45, 2.75) is 66.0 Å². The average Bonchev–Trinajstić information content (AvgIpc) is 2.16. The molecule has 16 heavy (non-hydrogen) atoms. The van der Waals surface area contributed by atoms with Crippen molar-refractivity contribution >= 4 is 0 Å². The molecule has 0 aliphatic carbocycles. The minimum atomic E-state index is 0.461. The third kappa shape index (κ3) is 4.84. The highest BCUT2D eigenvalue weighted by molar-refractivity contribution is 4.82. The second-order valence-electron chi connectivity index (χ2n) is 6.46. The Morgan fingerprint density at radius 2 is 2.00 bits per heavy atom. The fourth-order valence-electron chi connectivity index (χ4n) is 2.53. The smallest absolute Gasteiger partial charge is 0.00940 e. The quantitative estimate of drug-likeness (QED) is 0.793. The van der Waals surface area contributed by atoms with E-state index in [0.29, 0.717) is 5.41 Å². The highest BCUT2D eigenvalue weighted by atomic mass is 15.2.